The number of rotatable bonds is 20. The average Bonchev–Trinajstić information content (AvgIpc) is 2.83. The Morgan fingerprint density at radius 3 is 1.51 bits per heavy atom. The van der Waals surface area contributed by atoms with Crippen molar-refractivity contribution in [2.75, 3.05) is 19.6 Å². The van der Waals surface area contributed by atoms with Gasteiger partial charge in [0.15, 0.2) is 0 Å². The largest absolute Gasteiger partial charge is 0.368 e. The zero-order chi connectivity index (χ0) is 28.4. The second-order valence-electron chi connectivity index (χ2n) is 9.08. The van der Waals surface area contributed by atoms with Crippen LogP contribution in [-0.2, 0) is 24.0 Å². The average molecular weight is 524 g/mol. The van der Waals surface area contributed by atoms with Crippen LogP contribution in [0.2, 0.25) is 0 Å². The molecule has 0 aromatic heterocycles. The minimum Gasteiger partial charge on any atom is -0.368 e. The molecular weight excluding hydrogens is 478 g/mol. The lowest BCUT2D eigenvalue weighted by atomic mass is 10.0. The van der Waals surface area contributed by atoms with Crippen LogP contribution in [0.4, 0.5) is 0 Å². The van der Waals surface area contributed by atoms with Gasteiger partial charge in [-0.1, -0.05) is 13.2 Å². The van der Waals surface area contributed by atoms with Crippen LogP contribution in [0.25, 0.3) is 0 Å². The molecule has 0 aromatic carbocycles. The third-order valence-corrected chi connectivity index (χ3v) is 5.54. The Balaban J connectivity index is 5.37. The van der Waals surface area contributed by atoms with E-state index in [2.05, 4.69) is 34.4 Å². The van der Waals surface area contributed by atoms with Gasteiger partial charge in [-0.25, -0.2) is 0 Å². The molecule has 0 spiro atoms. The lowest BCUT2D eigenvalue weighted by Gasteiger charge is -2.25. The van der Waals surface area contributed by atoms with Crippen molar-refractivity contribution in [3.05, 3.63) is 24.3 Å². The van der Waals surface area contributed by atoms with Gasteiger partial charge in [0.1, 0.15) is 18.1 Å². The van der Waals surface area contributed by atoms with Gasteiger partial charge in [0, 0.05) is 17.7 Å². The van der Waals surface area contributed by atoms with Crippen LogP contribution in [0.15, 0.2) is 24.3 Å². The topological polar surface area (TPSA) is 212 Å². The molecule has 0 bridgehead atoms. The summed E-state index contributed by atoms with van der Waals surface area (Å²) in [6.07, 6.45) is 3.64. The van der Waals surface area contributed by atoms with Gasteiger partial charge in [0.2, 0.25) is 29.5 Å². The molecule has 0 rings (SSSR count). The molecule has 0 radical (unpaired) electrons. The fourth-order valence-corrected chi connectivity index (χ4v) is 3.29. The summed E-state index contributed by atoms with van der Waals surface area (Å²) >= 11 is 0. The molecule has 210 valence electrons. The van der Waals surface area contributed by atoms with Crippen molar-refractivity contribution in [3.63, 3.8) is 0 Å². The van der Waals surface area contributed by atoms with Crippen molar-refractivity contribution in [1.82, 2.24) is 21.3 Å². The van der Waals surface area contributed by atoms with E-state index in [0.717, 1.165) is 0 Å². The van der Waals surface area contributed by atoms with Gasteiger partial charge in [0.25, 0.3) is 0 Å². The standard InChI is InChI=1S/C25H45N7O5/c1-16(2)22(34)29-15-9-12-18(21(28)33)30-24(36)20(11-6-8-14-27)32-25(37)19(10-5-7-13-26)31-23(35)17(3)4/h18-20H,1,3,5-15,26-27H2,2,4H3,(H2,28,33)(H,29,34)(H,30,36)(H,31,35)(H,32,37). The molecule has 37 heavy (non-hydrogen) atoms. The Kier molecular flexibility index (Phi) is 17.3. The number of hydrogen-bond donors (Lipinski definition) is 7. The van der Waals surface area contributed by atoms with E-state index in [1.54, 1.807) is 6.92 Å². The van der Waals surface area contributed by atoms with E-state index in [1.165, 1.54) is 6.92 Å². The van der Waals surface area contributed by atoms with E-state index >= 15 is 0 Å². The number of carbonyl (C=O) groups excluding carboxylic acids is 5. The molecular formula is C25H45N7O5. The first-order valence-electron chi connectivity index (χ1n) is 12.6. The minimum atomic E-state index is -0.994. The van der Waals surface area contributed by atoms with Crippen molar-refractivity contribution in [2.24, 2.45) is 17.2 Å². The first-order chi connectivity index (χ1) is 17.4. The van der Waals surface area contributed by atoms with Crippen molar-refractivity contribution < 1.29 is 24.0 Å². The second kappa shape index (κ2) is 18.9. The molecule has 0 saturated carbocycles. The first-order valence-corrected chi connectivity index (χ1v) is 12.6. The highest BCUT2D eigenvalue weighted by atomic mass is 16.2. The first kappa shape index (κ1) is 33.8. The predicted molar refractivity (Wildman–Crippen MR) is 143 cm³/mol. The normalized spacial score (nSPS) is 13.0. The zero-order valence-corrected chi connectivity index (χ0v) is 22.2. The quantitative estimate of drug-likeness (QED) is 0.0799. The van der Waals surface area contributed by atoms with Crippen LogP contribution in [0.3, 0.4) is 0 Å². The lowest BCUT2D eigenvalue weighted by molar-refractivity contribution is -0.133. The van der Waals surface area contributed by atoms with E-state index in [1.807, 2.05) is 0 Å². The van der Waals surface area contributed by atoms with Gasteiger partial charge in [-0.15, -0.1) is 0 Å². The molecule has 12 heteroatoms. The van der Waals surface area contributed by atoms with Crippen molar-refractivity contribution >= 4 is 29.5 Å². The summed E-state index contributed by atoms with van der Waals surface area (Å²) in [4.78, 5) is 61.8. The number of nitrogens with two attached hydrogens (primary N) is 3. The summed E-state index contributed by atoms with van der Waals surface area (Å²) in [6.45, 7) is 11.4. The highest BCUT2D eigenvalue weighted by Gasteiger charge is 2.28. The van der Waals surface area contributed by atoms with Crippen LogP contribution in [0.1, 0.15) is 65.2 Å². The maximum atomic E-state index is 13.1. The van der Waals surface area contributed by atoms with Crippen molar-refractivity contribution in [2.45, 2.75) is 83.3 Å². The van der Waals surface area contributed by atoms with E-state index in [0.29, 0.717) is 57.2 Å². The molecule has 0 saturated heterocycles. The highest BCUT2D eigenvalue weighted by Crippen LogP contribution is 2.07. The lowest BCUT2D eigenvalue weighted by Crippen LogP contribution is -2.56. The minimum absolute atomic E-state index is 0.192. The Bertz CT molecular complexity index is 815. The van der Waals surface area contributed by atoms with Crippen molar-refractivity contribution in [1.29, 1.82) is 0 Å². The predicted octanol–water partition coefficient (Wildman–Crippen LogP) is -0.767. The van der Waals surface area contributed by atoms with Crippen LogP contribution in [0.5, 0.6) is 0 Å². The Labute approximate surface area is 219 Å². The molecule has 0 fully saturated rings. The molecule has 3 unspecified atom stereocenters. The molecule has 0 heterocycles. The molecule has 12 nitrogen and oxygen atoms in total. The summed E-state index contributed by atoms with van der Waals surface area (Å²) in [6, 6.07) is -2.85. The zero-order valence-electron chi connectivity index (χ0n) is 22.2. The number of unbranched alkanes of at least 4 members (excludes halogenated alkanes) is 2. The number of primary amides is 1. The summed E-state index contributed by atoms with van der Waals surface area (Å²) in [5, 5.41) is 10.6. The molecule has 0 aliphatic heterocycles. The molecule has 3 atom stereocenters. The monoisotopic (exact) mass is 523 g/mol. The van der Waals surface area contributed by atoms with Gasteiger partial charge in [0.05, 0.1) is 0 Å². The smallest absolute Gasteiger partial charge is 0.246 e. The Morgan fingerprint density at radius 1 is 0.649 bits per heavy atom. The third-order valence-electron chi connectivity index (χ3n) is 5.54. The van der Waals surface area contributed by atoms with Gasteiger partial charge in [-0.05, 0) is 78.3 Å². The number of hydrogen-bond acceptors (Lipinski definition) is 7. The second-order valence-corrected chi connectivity index (χ2v) is 9.08. The fourth-order valence-electron chi connectivity index (χ4n) is 3.29. The van der Waals surface area contributed by atoms with Gasteiger partial charge in [-0.2, -0.15) is 0 Å². The highest BCUT2D eigenvalue weighted by molar-refractivity contribution is 5.97. The Hall–Kier alpha value is -3.25. The van der Waals surface area contributed by atoms with Crippen molar-refractivity contribution in [3.8, 4) is 0 Å². The van der Waals surface area contributed by atoms with E-state index < -0.39 is 41.8 Å². The third kappa shape index (κ3) is 14.8. The fraction of sp³-hybridized carbons (Fsp3) is 0.640. The maximum Gasteiger partial charge on any atom is 0.246 e. The van der Waals surface area contributed by atoms with Crippen LogP contribution in [0, 0.1) is 0 Å². The molecule has 10 N–H and O–H groups in total. The van der Waals surface area contributed by atoms with Crippen LogP contribution >= 0.6 is 0 Å². The van der Waals surface area contributed by atoms with Crippen LogP contribution in [-0.4, -0.2) is 67.3 Å². The van der Waals surface area contributed by atoms with E-state index in [4.69, 9.17) is 17.2 Å². The molecule has 0 aliphatic rings. The Morgan fingerprint density at radius 2 is 1.08 bits per heavy atom. The SMILES string of the molecule is C=C(C)C(=O)NCCCC(NC(=O)C(CCCCN)NC(=O)C(CCCCN)NC(=O)C(=C)C)C(N)=O. The summed E-state index contributed by atoms with van der Waals surface area (Å²) in [7, 11) is 0. The van der Waals surface area contributed by atoms with E-state index in [-0.39, 0.29) is 30.9 Å². The molecule has 0 aromatic rings. The van der Waals surface area contributed by atoms with Crippen LogP contribution < -0.4 is 38.5 Å². The number of amides is 5. The maximum absolute atomic E-state index is 13.1. The number of carbonyl (C=O) groups is 5. The molecule has 0 aliphatic carbocycles. The summed E-state index contributed by atoms with van der Waals surface area (Å²) in [5.41, 5.74) is 17.2. The van der Waals surface area contributed by atoms with E-state index in [9.17, 15) is 24.0 Å². The van der Waals surface area contributed by atoms with Gasteiger partial charge >= 0.3 is 0 Å². The number of nitrogens with one attached hydrogen (secondary N) is 4. The molecule has 5 amide bonds. The van der Waals surface area contributed by atoms with Gasteiger partial charge < -0.3 is 38.5 Å². The summed E-state index contributed by atoms with van der Waals surface area (Å²) in [5.74, 6) is -2.61. The van der Waals surface area contributed by atoms with Gasteiger partial charge in [-0.3, -0.25) is 24.0 Å². The summed E-state index contributed by atoms with van der Waals surface area (Å²) < 4.78 is 0.